The highest BCUT2D eigenvalue weighted by atomic mass is 16.5. The molecule has 2 aliphatic rings. The molecule has 0 N–H and O–H groups in total. The highest BCUT2D eigenvalue weighted by Gasteiger charge is 2.39. The van der Waals surface area contributed by atoms with Gasteiger partial charge in [-0.1, -0.05) is 0 Å². The number of hydrogen-bond donors (Lipinski definition) is 0. The van der Waals surface area contributed by atoms with Crippen LogP contribution in [0.1, 0.15) is 11.1 Å². The minimum Gasteiger partial charge on any atom is -0.492 e. The second-order valence-electron chi connectivity index (χ2n) is 9.44. The molecule has 186 valence electrons. The lowest BCUT2D eigenvalue weighted by Gasteiger charge is -2.53. The van der Waals surface area contributed by atoms with Gasteiger partial charge in [0, 0.05) is 49.3 Å². The molecule has 2 aromatic heterocycles. The van der Waals surface area contributed by atoms with Gasteiger partial charge in [-0.3, -0.25) is 4.90 Å². The number of nitrogens with zero attached hydrogens (tertiary/aromatic N) is 7. The van der Waals surface area contributed by atoms with E-state index in [9.17, 15) is 0 Å². The van der Waals surface area contributed by atoms with Crippen LogP contribution in [0.15, 0.2) is 73.8 Å². The van der Waals surface area contributed by atoms with Crippen molar-refractivity contribution in [3.63, 3.8) is 0 Å². The lowest BCUT2D eigenvalue weighted by atomic mass is 9.99. The van der Waals surface area contributed by atoms with Gasteiger partial charge in [-0.2, -0.15) is 0 Å². The minimum atomic E-state index is 0.158. The predicted octanol–water partition coefficient (Wildman–Crippen LogP) is 3.42. The number of imidazole rings is 2. The zero-order chi connectivity index (χ0) is 24.5. The highest BCUT2D eigenvalue weighted by molar-refractivity contribution is 5.70. The van der Waals surface area contributed by atoms with Crippen LogP contribution in [0.4, 0.5) is 11.4 Å². The number of anilines is 2. The number of aromatic nitrogens is 4. The Labute approximate surface area is 211 Å². The van der Waals surface area contributed by atoms with Crippen LogP contribution in [0, 0.1) is 0 Å². The number of fused-ring (bicyclic) bond motifs is 6. The Morgan fingerprint density at radius 2 is 1.28 bits per heavy atom. The Hall–Kier alpha value is -3.98. The van der Waals surface area contributed by atoms with Crippen LogP contribution in [0.25, 0.3) is 0 Å². The summed E-state index contributed by atoms with van der Waals surface area (Å²) in [7, 11) is 4.28. The van der Waals surface area contributed by atoms with Gasteiger partial charge >= 0.3 is 0 Å². The fourth-order valence-electron chi connectivity index (χ4n) is 5.17. The van der Waals surface area contributed by atoms with Crippen LogP contribution in [-0.4, -0.2) is 57.6 Å². The van der Waals surface area contributed by atoms with Gasteiger partial charge < -0.3 is 28.4 Å². The van der Waals surface area contributed by atoms with E-state index in [1.165, 1.54) is 22.5 Å². The molecule has 2 aliphatic heterocycles. The number of hydrogen-bond acceptors (Lipinski definition) is 7. The molecule has 0 saturated heterocycles. The average Bonchev–Trinajstić information content (AvgIpc) is 3.58. The minimum absolute atomic E-state index is 0.158. The van der Waals surface area contributed by atoms with Gasteiger partial charge in [-0.05, 0) is 61.6 Å². The average molecular weight is 486 g/mol. The molecule has 6 rings (SSSR count). The van der Waals surface area contributed by atoms with Crippen molar-refractivity contribution in [3.05, 3.63) is 85.0 Å². The number of benzene rings is 2. The maximum Gasteiger partial charge on any atom is 0.160 e. The summed E-state index contributed by atoms with van der Waals surface area (Å²) in [4.78, 5) is 15.4. The Balaban J connectivity index is 1.19. The van der Waals surface area contributed by atoms with Crippen molar-refractivity contribution in [2.75, 3.05) is 37.1 Å². The van der Waals surface area contributed by atoms with E-state index in [4.69, 9.17) is 9.47 Å². The van der Waals surface area contributed by atoms with Gasteiger partial charge in [-0.25, -0.2) is 9.97 Å². The van der Waals surface area contributed by atoms with Crippen LogP contribution in [0.2, 0.25) is 0 Å². The first-order chi connectivity index (χ1) is 17.7. The Morgan fingerprint density at radius 3 is 1.69 bits per heavy atom. The second-order valence-corrected chi connectivity index (χ2v) is 9.44. The van der Waals surface area contributed by atoms with Crippen LogP contribution in [-0.2, 0) is 26.2 Å². The molecule has 9 heteroatoms. The number of rotatable bonds is 9. The lowest BCUT2D eigenvalue weighted by molar-refractivity contribution is 0.251. The molecule has 0 spiro atoms. The molecule has 0 radical (unpaired) electrons. The van der Waals surface area contributed by atoms with Crippen molar-refractivity contribution in [3.8, 4) is 11.5 Å². The lowest BCUT2D eigenvalue weighted by Crippen LogP contribution is -2.61. The summed E-state index contributed by atoms with van der Waals surface area (Å²) in [5, 5.41) is 0. The molecular formula is C27H31N7O2. The standard InChI is InChI=1S/C27H31N7O2/c1-30(2)27-33-18-22-16-24(36-14-12-32-10-8-29-20-32)4-6-26(22)34(27)17-21-15-23(3-5-25(21)33)35-13-11-31-9-7-28-19-31/h3-10,15-16,19-20,27H,11-14,17-18H2,1-2H3. The summed E-state index contributed by atoms with van der Waals surface area (Å²) >= 11 is 0. The smallest absolute Gasteiger partial charge is 0.160 e. The monoisotopic (exact) mass is 485 g/mol. The van der Waals surface area contributed by atoms with Gasteiger partial charge in [0.1, 0.15) is 24.7 Å². The number of ether oxygens (including phenoxy) is 2. The highest BCUT2D eigenvalue weighted by Crippen LogP contribution is 2.43. The SMILES string of the molecule is CN(C)C1N2Cc3cc(OCCn4ccnc4)ccc3N1Cc1cc(OCCn3ccnc3)ccc12. The normalized spacial score (nSPS) is 14.6. The van der Waals surface area contributed by atoms with Gasteiger partial charge in [0.05, 0.1) is 25.7 Å². The molecular weight excluding hydrogens is 454 g/mol. The maximum absolute atomic E-state index is 6.07. The summed E-state index contributed by atoms with van der Waals surface area (Å²) in [5.41, 5.74) is 5.06. The molecule has 36 heavy (non-hydrogen) atoms. The molecule has 0 fully saturated rings. The Bertz CT molecular complexity index is 1210. The van der Waals surface area contributed by atoms with Crippen molar-refractivity contribution in [2.45, 2.75) is 32.5 Å². The molecule has 0 saturated carbocycles. The van der Waals surface area contributed by atoms with E-state index in [0.717, 1.165) is 37.7 Å². The third kappa shape index (κ3) is 4.37. The fourth-order valence-corrected chi connectivity index (χ4v) is 5.17. The summed E-state index contributed by atoms with van der Waals surface area (Å²) < 4.78 is 16.2. The second kappa shape index (κ2) is 9.58. The zero-order valence-electron chi connectivity index (χ0n) is 20.7. The summed E-state index contributed by atoms with van der Waals surface area (Å²) in [6.07, 6.45) is 11.3. The first-order valence-corrected chi connectivity index (χ1v) is 12.3. The Morgan fingerprint density at radius 1 is 0.778 bits per heavy atom. The van der Waals surface area contributed by atoms with E-state index in [1.54, 1.807) is 12.4 Å². The topological polar surface area (TPSA) is 63.8 Å². The van der Waals surface area contributed by atoms with Gasteiger partial charge in [0.15, 0.2) is 6.29 Å². The predicted molar refractivity (Wildman–Crippen MR) is 138 cm³/mol. The molecule has 0 unspecified atom stereocenters. The van der Waals surface area contributed by atoms with Gasteiger partial charge in [-0.15, -0.1) is 0 Å². The molecule has 2 bridgehead atoms. The largest absolute Gasteiger partial charge is 0.492 e. The van der Waals surface area contributed by atoms with Crippen LogP contribution in [0.3, 0.4) is 0 Å². The fraction of sp³-hybridized carbons (Fsp3) is 0.333. The molecule has 4 heterocycles. The van der Waals surface area contributed by atoms with E-state index in [0.29, 0.717) is 13.2 Å². The third-order valence-corrected chi connectivity index (χ3v) is 6.78. The first kappa shape index (κ1) is 22.5. The summed E-state index contributed by atoms with van der Waals surface area (Å²) in [6.45, 7) is 4.41. The van der Waals surface area contributed by atoms with E-state index in [-0.39, 0.29) is 6.29 Å². The molecule has 0 aliphatic carbocycles. The quantitative estimate of drug-likeness (QED) is 0.360. The molecule has 0 atom stereocenters. The van der Waals surface area contributed by atoms with E-state index in [1.807, 2.05) is 34.2 Å². The molecule has 9 nitrogen and oxygen atoms in total. The van der Waals surface area contributed by atoms with Crippen molar-refractivity contribution in [1.82, 2.24) is 24.0 Å². The molecule has 0 amide bonds. The van der Waals surface area contributed by atoms with E-state index < -0.39 is 0 Å². The van der Waals surface area contributed by atoms with Crippen LogP contribution >= 0.6 is 0 Å². The van der Waals surface area contributed by atoms with Gasteiger partial charge in [0.2, 0.25) is 0 Å². The van der Waals surface area contributed by atoms with Crippen molar-refractivity contribution in [1.29, 1.82) is 0 Å². The zero-order valence-corrected chi connectivity index (χ0v) is 20.7. The van der Waals surface area contributed by atoms with Gasteiger partial charge in [0.25, 0.3) is 0 Å². The maximum atomic E-state index is 6.07. The molecule has 2 aromatic carbocycles. The van der Waals surface area contributed by atoms with Crippen molar-refractivity contribution < 1.29 is 9.47 Å². The van der Waals surface area contributed by atoms with Crippen LogP contribution < -0.4 is 19.3 Å². The first-order valence-electron chi connectivity index (χ1n) is 12.3. The summed E-state index contributed by atoms with van der Waals surface area (Å²) in [6, 6.07) is 12.9. The van der Waals surface area contributed by atoms with Crippen LogP contribution in [0.5, 0.6) is 11.5 Å². The molecule has 4 aromatic rings. The summed E-state index contributed by atoms with van der Waals surface area (Å²) in [5.74, 6) is 1.80. The van der Waals surface area contributed by atoms with Crippen molar-refractivity contribution in [2.24, 2.45) is 0 Å². The Kier molecular flexibility index (Phi) is 5.98. The third-order valence-electron chi connectivity index (χ3n) is 6.78. The van der Waals surface area contributed by atoms with E-state index in [2.05, 4.69) is 75.2 Å². The van der Waals surface area contributed by atoms with E-state index >= 15 is 0 Å². The van der Waals surface area contributed by atoms with Crippen molar-refractivity contribution >= 4 is 11.4 Å².